The van der Waals surface area contributed by atoms with Crippen LogP contribution in [-0.4, -0.2) is 19.5 Å². The Morgan fingerprint density at radius 3 is 2.26 bits per heavy atom. The Hall–Kier alpha value is -1.20. The molecule has 19 heavy (non-hydrogen) atoms. The summed E-state index contributed by atoms with van der Waals surface area (Å²) in [5, 5.41) is 5.48. The highest BCUT2D eigenvalue weighted by Gasteiger charge is 2.20. The molecule has 1 aromatic rings. The molecular weight excluding hydrogens is 274 g/mol. The topological polar surface area (TPSA) is 41.1 Å². The lowest BCUT2D eigenvalue weighted by Crippen LogP contribution is -2.36. The molecule has 2 atom stereocenters. The fourth-order valence-electron chi connectivity index (χ4n) is 1.75. The highest BCUT2D eigenvalue weighted by atomic mass is 35.5. The molecule has 1 amide bonds. The van der Waals surface area contributed by atoms with Crippen LogP contribution in [0, 0.1) is 17.6 Å². The van der Waals surface area contributed by atoms with Crippen LogP contribution in [0.15, 0.2) is 18.2 Å². The Morgan fingerprint density at radius 1 is 1.26 bits per heavy atom. The van der Waals surface area contributed by atoms with Gasteiger partial charge in [0.1, 0.15) is 11.6 Å². The molecule has 0 bridgehead atoms. The predicted molar refractivity (Wildman–Crippen MR) is 73.3 cm³/mol. The minimum atomic E-state index is -0.696. The van der Waals surface area contributed by atoms with Crippen LogP contribution < -0.4 is 10.6 Å². The minimum Gasteiger partial charge on any atom is -0.349 e. The van der Waals surface area contributed by atoms with Crippen molar-refractivity contribution >= 4 is 18.3 Å². The third-order valence-electron chi connectivity index (χ3n) is 2.75. The average molecular weight is 293 g/mol. The lowest BCUT2D eigenvalue weighted by molar-refractivity contribution is -0.125. The molecule has 0 aliphatic rings. The quantitative estimate of drug-likeness (QED) is 0.875. The van der Waals surface area contributed by atoms with E-state index in [1.54, 1.807) is 20.9 Å². The molecule has 0 aromatic heterocycles. The summed E-state index contributed by atoms with van der Waals surface area (Å²) >= 11 is 0. The van der Waals surface area contributed by atoms with E-state index in [0.717, 1.165) is 0 Å². The second-order valence-electron chi connectivity index (χ2n) is 4.32. The first kappa shape index (κ1) is 17.8. The Bertz CT molecular complexity index is 409. The number of hydrogen-bond donors (Lipinski definition) is 2. The van der Waals surface area contributed by atoms with Gasteiger partial charge in [-0.3, -0.25) is 4.79 Å². The Morgan fingerprint density at radius 2 is 1.79 bits per heavy atom. The third-order valence-corrected chi connectivity index (χ3v) is 2.75. The molecule has 0 spiro atoms. The van der Waals surface area contributed by atoms with Gasteiger partial charge in [-0.25, -0.2) is 8.78 Å². The smallest absolute Gasteiger partial charge is 0.224 e. The van der Waals surface area contributed by atoms with Crippen molar-refractivity contribution in [1.29, 1.82) is 0 Å². The molecule has 0 heterocycles. The van der Waals surface area contributed by atoms with Gasteiger partial charge in [0.05, 0.1) is 6.04 Å². The van der Waals surface area contributed by atoms with Crippen LogP contribution in [0.1, 0.15) is 25.5 Å². The molecule has 3 nitrogen and oxygen atoms in total. The second kappa shape index (κ2) is 8.07. The van der Waals surface area contributed by atoms with Crippen molar-refractivity contribution in [3.8, 4) is 0 Å². The molecule has 0 aliphatic carbocycles. The molecule has 0 saturated heterocycles. The van der Waals surface area contributed by atoms with Crippen molar-refractivity contribution in [3.63, 3.8) is 0 Å². The van der Waals surface area contributed by atoms with E-state index in [1.807, 2.05) is 0 Å². The van der Waals surface area contributed by atoms with Crippen LogP contribution >= 0.6 is 12.4 Å². The van der Waals surface area contributed by atoms with Gasteiger partial charge in [0.15, 0.2) is 0 Å². The van der Waals surface area contributed by atoms with Gasteiger partial charge in [0.25, 0.3) is 0 Å². The molecule has 0 saturated carbocycles. The number of benzene rings is 1. The maximum atomic E-state index is 13.5. The van der Waals surface area contributed by atoms with E-state index in [9.17, 15) is 13.6 Å². The van der Waals surface area contributed by atoms with E-state index in [1.165, 1.54) is 18.2 Å². The highest BCUT2D eigenvalue weighted by molar-refractivity contribution is 5.85. The first-order valence-electron chi connectivity index (χ1n) is 5.86. The molecule has 2 unspecified atom stereocenters. The zero-order valence-corrected chi connectivity index (χ0v) is 12.0. The van der Waals surface area contributed by atoms with E-state index in [0.29, 0.717) is 6.54 Å². The number of carbonyl (C=O) groups is 1. The standard InChI is InChI=1S/C13H18F2N2O.ClH/c1-8(7-16-3)13(18)17-9(2)12-10(14)5-4-6-11(12)15;/h4-6,8-9,16H,7H2,1-3H3,(H,17,18);1H. The molecule has 0 aliphatic heterocycles. The minimum absolute atomic E-state index is 0. The van der Waals surface area contributed by atoms with Crippen LogP contribution in [0.3, 0.4) is 0 Å². The first-order valence-corrected chi connectivity index (χ1v) is 5.86. The van der Waals surface area contributed by atoms with Crippen molar-refractivity contribution in [2.24, 2.45) is 5.92 Å². The molecule has 0 fully saturated rings. The van der Waals surface area contributed by atoms with Crippen LogP contribution in [0.4, 0.5) is 8.78 Å². The highest BCUT2D eigenvalue weighted by Crippen LogP contribution is 2.20. The molecule has 2 N–H and O–H groups in total. The maximum Gasteiger partial charge on any atom is 0.224 e. The van der Waals surface area contributed by atoms with Crippen LogP contribution in [0.5, 0.6) is 0 Å². The summed E-state index contributed by atoms with van der Waals surface area (Å²) < 4.78 is 27.0. The summed E-state index contributed by atoms with van der Waals surface area (Å²) in [7, 11) is 1.74. The van der Waals surface area contributed by atoms with Gasteiger partial charge in [0.2, 0.25) is 5.91 Å². The molecule has 108 valence electrons. The Kier molecular flexibility index (Phi) is 7.56. The fourth-order valence-corrected chi connectivity index (χ4v) is 1.75. The van der Waals surface area contributed by atoms with Gasteiger partial charge in [-0.2, -0.15) is 0 Å². The molecule has 1 rings (SSSR count). The van der Waals surface area contributed by atoms with Crippen LogP contribution in [0.25, 0.3) is 0 Å². The van der Waals surface area contributed by atoms with Gasteiger partial charge in [0, 0.05) is 18.0 Å². The Balaban J connectivity index is 0.00000324. The third kappa shape index (κ3) is 4.76. The van der Waals surface area contributed by atoms with Gasteiger partial charge in [-0.05, 0) is 26.1 Å². The molecule has 6 heteroatoms. The summed E-state index contributed by atoms with van der Waals surface area (Å²) in [5.74, 6) is -1.79. The van der Waals surface area contributed by atoms with E-state index in [-0.39, 0.29) is 29.8 Å². The van der Waals surface area contributed by atoms with E-state index in [4.69, 9.17) is 0 Å². The van der Waals surface area contributed by atoms with Crippen molar-refractivity contribution in [1.82, 2.24) is 10.6 Å². The second-order valence-corrected chi connectivity index (χ2v) is 4.32. The predicted octanol–water partition coefficient (Wildman–Crippen LogP) is 2.42. The molecular formula is C13H19ClF2N2O. The van der Waals surface area contributed by atoms with E-state index in [2.05, 4.69) is 10.6 Å². The molecule has 0 radical (unpaired) electrons. The van der Waals surface area contributed by atoms with Crippen molar-refractivity contribution in [2.75, 3.05) is 13.6 Å². The fraction of sp³-hybridized carbons (Fsp3) is 0.462. The maximum absolute atomic E-state index is 13.5. The SMILES string of the molecule is CNCC(C)C(=O)NC(C)c1c(F)cccc1F.Cl. The zero-order chi connectivity index (χ0) is 13.7. The van der Waals surface area contributed by atoms with Crippen LogP contribution in [-0.2, 0) is 4.79 Å². The van der Waals surface area contributed by atoms with Crippen molar-refractivity contribution in [3.05, 3.63) is 35.4 Å². The number of nitrogens with one attached hydrogen (secondary N) is 2. The normalized spacial score (nSPS) is 13.3. The number of amides is 1. The van der Waals surface area contributed by atoms with Gasteiger partial charge < -0.3 is 10.6 Å². The van der Waals surface area contributed by atoms with Gasteiger partial charge in [-0.1, -0.05) is 13.0 Å². The summed E-state index contributed by atoms with van der Waals surface area (Å²) in [5.41, 5.74) is -0.109. The number of hydrogen-bond acceptors (Lipinski definition) is 2. The van der Waals surface area contributed by atoms with Gasteiger partial charge >= 0.3 is 0 Å². The van der Waals surface area contributed by atoms with E-state index >= 15 is 0 Å². The summed E-state index contributed by atoms with van der Waals surface area (Å²) in [6.07, 6.45) is 0. The average Bonchev–Trinajstić information content (AvgIpc) is 2.28. The summed E-state index contributed by atoms with van der Waals surface area (Å²) in [6, 6.07) is 2.96. The largest absolute Gasteiger partial charge is 0.349 e. The monoisotopic (exact) mass is 292 g/mol. The van der Waals surface area contributed by atoms with Crippen molar-refractivity contribution in [2.45, 2.75) is 19.9 Å². The lowest BCUT2D eigenvalue weighted by Gasteiger charge is -2.18. The summed E-state index contributed by atoms with van der Waals surface area (Å²) in [4.78, 5) is 11.7. The van der Waals surface area contributed by atoms with Gasteiger partial charge in [-0.15, -0.1) is 12.4 Å². The zero-order valence-electron chi connectivity index (χ0n) is 11.2. The number of rotatable bonds is 5. The molecule has 1 aromatic carbocycles. The lowest BCUT2D eigenvalue weighted by atomic mass is 10.1. The number of halogens is 3. The Labute approximate surface area is 118 Å². The van der Waals surface area contributed by atoms with E-state index < -0.39 is 17.7 Å². The number of carbonyl (C=O) groups excluding carboxylic acids is 1. The first-order chi connectivity index (χ1) is 8.47. The summed E-state index contributed by atoms with van der Waals surface area (Å²) in [6.45, 7) is 3.82. The van der Waals surface area contributed by atoms with Crippen LogP contribution in [0.2, 0.25) is 0 Å². The van der Waals surface area contributed by atoms with Crippen molar-refractivity contribution < 1.29 is 13.6 Å².